The lowest BCUT2D eigenvalue weighted by molar-refractivity contribution is 0.744. The number of hydrogen-bond donors (Lipinski definition) is 1. The molecule has 3 nitrogen and oxygen atoms in total. The van der Waals surface area contributed by atoms with Gasteiger partial charge in [0.1, 0.15) is 0 Å². The molecule has 3 heteroatoms. The first-order chi connectivity index (χ1) is 9.95. The summed E-state index contributed by atoms with van der Waals surface area (Å²) >= 11 is 0. The van der Waals surface area contributed by atoms with Crippen molar-refractivity contribution >= 4 is 0 Å². The molecule has 1 N–H and O–H groups in total. The Balaban J connectivity index is 2.54. The summed E-state index contributed by atoms with van der Waals surface area (Å²) in [6.45, 7) is 10.6. The van der Waals surface area contributed by atoms with E-state index in [-0.39, 0.29) is 5.56 Å². The zero-order chi connectivity index (χ0) is 15.6. The van der Waals surface area contributed by atoms with E-state index in [1.807, 2.05) is 6.07 Å². The van der Waals surface area contributed by atoms with E-state index in [1.54, 1.807) is 4.68 Å². The van der Waals surface area contributed by atoms with Gasteiger partial charge in [-0.25, -0.2) is 4.68 Å². The van der Waals surface area contributed by atoms with E-state index in [0.717, 1.165) is 36.2 Å². The third-order valence-electron chi connectivity index (χ3n) is 4.12. The average Bonchev–Trinajstić information content (AvgIpc) is 2.77. The molecule has 0 aliphatic carbocycles. The molecule has 0 aliphatic heterocycles. The van der Waals surface area contributed by atoms with Crippen LogP contribution in [0.15, 0.2) is 23.0 Å². The van der Waals surface area contributed by atoms with Gasteiger partial charge in [-0.1, -0.05) is 33.3 Å². The molecule has 1 aromatic heterocycles. The summed E-state index contributed by atoms with van der Waals surface area (Å²) in [5, 5.41) is 3.33. The molecule has 0 unspecified atom stereocenters. The first-order valence-electron chi connectivity index (χ1n) is 7.87. The topological polar surface area (TPSA) is 37.8 Å². The summed E-state index contributed by atoms with van der Waals surface area (Å²) in [5.74, 6) is 0.331. The lowest BCUT2D eigenvalue weighted by atomic mass is 10.0. The van der Waals surface area contributed by atoms with Crippen molar-refractivity contribution in [1.29, 1.82) is 0 Å². The van der Waals surface area contributed by atoms with Gasteiger partial charge in [0.2, 0.25) is 0 Å². The van der Waals surface area contributed by atoms with Gasteiger partial charge < -0.3 is 0 Å². The van der Waals surface area contributed by atoms with Crippen LogP contribution in [-0.4, -0.2) is 9.78 Å². The summed E-state index contributed by atoms with van der Waals surface area (Å²) in [5.41, 5.74) is 5.50. The van der Waals surface area contributed by atoms with Crippen LogP contribution in [0.2, 0.25) is 0 Å². The highest BCUT2D eigenvalue weighted by Gasteiger charge is 2.17. The van der Waals surface area contributed by atoms with Crippen LogP contribution in [0.25, 0.3) is 5.69 Å². The van der Waals surface area contributed by atoms with Gasteiger partial charge in [-0.2, -0.15) is 0 Å². The lowest BCUT2D eigenvalue weighted by Crippen LogP contribution is -2.17. The number of benzene rings is 1. The first-order valence-corrected chi connectivity index (χ1v) is 7.87. The molecule has 1 aromatic carbocycles. The highest BCUT2D eigenvalue weighted by Crippen LogP contribution is 2.19. The van der Waals surface area contributed by atoms with E-state index in [0.29, 0.717) is 5.92 Å². The predicted octanol–water partition coefficient (Wildman–Crippen LogP) is 4.25. The van der Waals surface area contributed by atoms with Crippen LogP contribution in [0, 0.1) is 13.8 Å². The fourth-order valence-corrected chi connectivity index (χ4v) is 2.61. The Kier molecular flexibility index (Phi) is 4.71. The van der Waals surface area contributed by atoms with Crippen molar-refractivity contribution in [2.24, 2.45) is 0 Å². The number of aromatic amines is 1. The molecule has 0 spiro atoms. The largest absolute Gasteiger partial charge is 0.294 e. The van der Waals surface area contributed by atoms with Crippen molar-refractivity contribution < 1.29 is 0 Å². The molecule has 0 radical (unpaired) electrons. The second kappa shape index (κ2) is 6.33. The van der Waals surface area contributed by atoms with Crippen LogP contribution >= 0.6 is 0 Å². The number of H-pyrrole nitrogens is 1. The minimum Gasteiger partial charge on any atom is -0.294 e. The highest BCUT2D eigenvalue weighted by atomic mass is 16.1. The Labute approximate surface area is 127 Å². The normalized spacial score (nSPS) is 11.3. The smallest absolute Gasteiger partial charge is 0.274 e. The number of rotatable bonds is 5. The summed E-state index contributed by atoms with van der Waals surface area (Å²) in [4.78, 5) is 12.7. The minimum atomic E-state index is 0.107. The molecule has 2 aromatic rings. The SMILES string of the molecule is CCCCc1c(C(C)C)[nH]n(-c2ccc(C)c(C)c2)c1=O. The van der Waals surface area contributed by atoms with E-state index in [1.165, 1.54) is 11.1 Å². The van der Waals surface area contributed by atoms with Crippen LogP contribution in [0.4, 0.5) is 0 Å². The highest BCUT2D eigenvalue weighted by molar-refractivity contribution is 5.40. The molecule has 0 atom stereocenters. The Hall–Kier alpha value is -1.77. The molecule has 0 amide bonds. The van der Waals surface area contributed by atoms with Crippen molar-refractivity contribution in [2.75, 3.05) is 0 Å². The van der Waals surface area contributed by atoms with Gasteiger partial charge in [-0.3, -0.25) is 9.89 Å². The van der Waals surface area contributed by atoms with Gasteiger partial charge in [-0.15, -0.1) is 0 Å². The van der Waals surface area contributed by atoms with Gasteiger partial charge in [0.15, 0.2) is 0 Å². The number of unbranched alkanes of at least 4 members (excludes halogenated alkanes) is 1. The lowest BCUT2D eigenvalue weighted by Gasteiger charge is -2.06. The predicted molar refractivity (Wildman–Crippen MR) is 88.6 cm³/mol. The third-order valence-corrected chi connectivity index (χ3v) is 4.12. The Morgan fingerprint density at radius 2 is 1.90 bits per heavy atom. The van der Waals surface area contributed by atoms with E-state index in [2.05, 4.69) is 51.9 Å². The number of aryl methyl sites for hydroxylation is 2. The Morgan fingerprint density at radius 1 is 1.19 bits per heavy atom. The van der Waals surface area contributed by atoms with Gasteiger partial charge in [0, 0.05) is 11.3 Å². The molecular weight excluding hydrogens is 260 g/mol. The molecule has 0 saturated carbocycles. The van der Waals surface area contributed by atoms with Crippen molar-refractivity contribution in [3.05, 3.63) is 50.9 Å². The van der Waals surface area contributed by atoms with Gasteiger partial charge in [0.25, 0.3) is 5.56 Å². The monoisotopic (exact) mass is 286 g/mol. The van der Waals surface area contributed by atoms with Crippen molar-refractivity contribution in [1.82, 2.24) is 9.78 Å². The van der Waals surface area contributed by atoms with Crippen LogP contribution in [-0.2, 0) is 6.42 Å². The standard InChI is InChI=1S/C18H26N2O/c1-6-7-8-16-17(12(2)3)19-20(18(16)21)15-10-9-13(4)14(5)11-15/h9-12,19H,6-8H2,1-5H3. The second-order valence-electron chi connectivity index (χ2n) is 6.17. The van der Waals surface area contributed by atoms with Gasteiger partial charge in [-0.05, 0) is 55.9 Å². The summed E-state index contributed by atoms with van der Waals surface area (Å²) in [6.07, 6.45) is 3.02. The van der Waals surface area contributed by atoms with Gasteiger partial charge in [0.05, 0.1) is 5.69 Å². The van der Waals surface area contributed by atoms with Crippen LogP contribution in [0.3, 0.4) is 0 Å². The number of hydrogen-bond acceptors (Lipinski definition) is 1. The zero-order valence-corrected chi connectivity index (χ0v) is 13.8. The average molecular weight is 286 g/mol. The summed E-state index contributed by atoms with van der Waals surface area (Å²) in [6, 6.07) is 6.15. The maximum absolute atomic E-state index is 12.7. The van der Waals surface area contributed by atoms with Gasteiger partial charge >= 0.3 is 0 Å². The first kappa shape index (κ1) is 15.6. The molecule has 21 heavy (non-hydrogen) atoms. The number of nitrogens with one attached hydrogen (secondary N) is 1. The second-order valence-corrected chi connectivity index (χ2v) is 6.17. The number of nitrogens with zero attached hydrogens (tertiary/aromatic N) is 1. The fourth-order valence-electron chi connectivity index (χ4n) is 2.61. The number of aromatic nitrogens is 2. The zero-order valence-electron chi connectivity index (χ0n) is 13.8. The molecule has 0 bridgehead atoms. The quantitative estimate of drug-likeness (QED) is 0.876. The molecule has 1 heterocycles. The maximum Gasteiger partial charge on any atom is 0.274 e. The summed E-state index contributed by atoms with van der Waals surface area (Å²) in [7, 11) is 0. The molecule has 2 rings (SSSR count). The maximum atomic E-state index is 12.7. The van der Waals surface area contributed by atoms with Crippen LogP contribution in [0.5, 0.6) is 0 Å². The molecule has 0 saturated heterocycles. The van der Waals surface area contributed by atoms with Crippen molar-refractivity contribution in [3.63, 3.8) is 0 Å². The fraction of sp³-hybridized carbons (Fsp3) is 0.500. The molecule has 0 aliphatic rings. The van der Waals surface area contributed by atoms with E-state index in [4.69, 9.17) is 0 Å². The summed E-state index contributed by atoms with van der Waals surface area (Å²) < 4.78 is 1.70. The van der Waals surface area contributed by atoms with E-state index < -0.39 is 0 Å². The Morgan fingerprint density at radius 3 is 2.48 bits per heavy atom. The Bertz CT molecular complexity index is 677. The molecule has 0 fully saturated rings. The third kappa shape index (κ3) is 3.12. The van der Waals surface area contributed by atoms with Crippen molar-refractivity contribution in [2.45, 2.75) is 59.8 Å². The molecule has 114 valence electrons. The molecular formula is C18H26N2O. The van der Waals surface area contributed by atoms with E-state index in [9.17, 15) is 4.79 Å². The minimum absolute atomic E-state index is 0.107. The van der Waals surface area contributed by atoms with Crippen LogP contribution in [0.1, 0.15) is 61.9 Å². The van der Waals surface area contributed by atoms with E-state index >= 15 is 0 Å². The van der Waals surface area contributed by atoms with Crippen molar-refractivity contribution in [3.8, 4) is 5.69 Å². The van der Waals surface area contributed by atoms with Crippen LogP contribution < -0.4 is 5.56 Å².